The van der Waals surface area contributed by atoms with Gasteiger partial charge in [0.15, 0.2) is 0 Å². The van der Waals surface area contributed by atoms with Crippen LogP contribution >= 0.6 is 27.3 Å². The number of rotatable bonds is 3. The van der Waals surface area contributed by atoms with Gasteiger partial charge in [0.05, 0.1) is 6.10 Å². The highest BCUT2D eigenvalue weighted by Gasteiger charge is 2.36. The van der Waals surface area contributed by atoms with E-state index in [4.69, 9.17) is 4.74 Å². The van der Waals surface area contributed by atoms with Gasteiger partial charge in [-0.3, -0.25) is 0 Å². The maximum atomic E-state index is 5.60. The van der Waals surface area contributed by atoms with Crippen LogP contribution in [0.1, 0.15) is 25.1 Å². The maximum absolute atomic E-state index is 5.60. The molecule has 84 valence electrons. The third kappa shape index (κ3) is 2.44. The Morgan fingerprint density at radius 2 is 2.53 bits per heavy atom. The maximum Gasteiger partial charge on any atom is 0.0726 e. The topological polar surface area (TPSA) is 21.3 Å². The van der Waals surface area contributed by atoms with Gasteiger partial charge < -0.3 is 10.1 Å². The molecule has 1 aromatic heterocycles. The van der Waals surface area contributed by atoms with E-state index in [1.165, 1.54) is 9.35 Å². The highest BCUT2D eigenvalue weighted by molar-refractivity contribution is 9.10. The lowest BCUT2D eigenvalue weighted by Gasteiger charge is -2.28. The van der Waals surface area contributed by atoms with E-state index in [1.807, 2.05) is 0 Å². The largest absolute Gasteiger partial charge is 0.377 e. The van der Waals surface area contributed by atoms with Gasteiger partial charge in [-0.2, -0.15) is 0 Å². The molecule has 1 aliphatic rings. The van der Waals surface area contributed by atoms with E-state index in [2.05, 4.69) is 46.5 Å². The first-order chi connectivity index (χ1) is 7.12. The summed E-state index contributed by atoms with van der Waals surface area (Å²) < 4.78 is 6.80. The fourth-order valence-electron chi connectivity index (χ4n) is 1.80. The molecule has 0 radical (unpaired) electrons. The van der Waals surface area contributed by atoms with Crippen LogP contribution in [0, 0.1) is 0 Å². The number of thiophene rings is 1. The summed E-state index contributed by atoms with van der Waals surface area (Å²) in [7, 11) is 0. The number of ether oxygens (including phenoxy) is 1. The molecule has 0 bridgehead atoms. The van der Waals surface area contributed by atoms with Crippen LogP contribution < -0.4 is 5.32 Å². The van der Waals surface area contributed by atoms with Gasteiger partial charge in [0.1, 0.15) is 0 Å². The van der Waals surface area contributed by atoms with E-state index in [0.29, 0.717) is 6.10 Å². The average molecular weight is 290 g/mol. The zero-order valence-electron chi connectivity index (χ0n) is 9.05. The van der Waals surface area contributed by atoms with E-state index in [-0.39, 0.29) is 5.54 Å². The van der Waals surface area contributed by atoms with E-state index in [1.54, 1.807) is 11.3 Å². The second-order valence-electron chi connectivity index (χ2n) is 4.23. The molecule has 0 amide bonds. The summed E-state index contributed by atoms with van der Waals surface area (Å²) >= 11 is 5.33. The van der Waals surface area contributed by atoms with Crippen LogP contribution in [0.4, 0.5) is 0 Å². The summed E-state index contributed by atoms with van der Waals surface area (Å²) in [4.78, 5) is 1.36. The first-order valence-corrected chi connectivity index (χ1v) is 6.87. The van der Waals surface area contributed by atoms with Crippen molar-refractivity contribution in [2.45, 2.75) is 38.5 Å². The Hall–Kier alpha value is 0.100. The molecule has 2 unspecified atom stereocenters. The summed E-state index contributed by atoms with van der Waals surface area (Å²) in [6.07, 6.45) is 1.40. The molecule has 1 N–H and O–H groups in total. The van der Waals surface area contributed by atoms with Crippen molar-refractivity contribution in [3.05, 3.63) is 20.8 Å². The van der Waals surface area contributed by atoms with Gasteiger partial charge in [0, 0.05) is 28.0 Å². The van der Waals surface area contributed by atoms with E-state index < -0.39 is 0 Å². The van der Waals surface area contributed by atoms with E-state index >= 15 is 0 Å². The first-order valence-electron chi connectivity index (χ1n) is 5.20. The second-order valence-corrected chi connectivity index (χ2v) is 6.08. The quantitative estimate of drug-likeness (QED) is 0.923. The van der Waals surface area contributed by atoms with Gasteiger partial charge in [-0.1, -0.05) is 0 Å². The first kappa shape index (κ1) is 11.6. The van der Waals surface area contributed by atoms with Gasteiger partial charge in [0.25, 0.3) is 0 Å². The lowest BCUT2D eigenvalue weighted by molar-refractivity contribution is 0.0882. The van der Waals surface area contributed by atoms with E-state index in [9.17, 15) is 0 Å². The molecule has 2 nitrogen and oxygen atoms in total. The molecular weight excluding hydrogens is 274 g/mol. The minimum absolute atomic E-state index is 0.128. The van der Waals surface area contributed by atoms with Crippen molar-refractivity contribution in [1.82, 2.24) is 5.32 Å². The van der Waals surface area contributed by atoms with Crippen LogP contribution in [0.5, 0.6) is 0 Å². The summed E-state index contributed by atoms with van der Waals surface area (Å²) in [6.45, 7) is 6.17. The van der Waals surface area contributed by atoms with Crippen molar-refractivity contribution < 1.29 is 4.74 Å². The number of halogens is 1. The van der Waals surface area contributed by atoms with Crippen LogP contribution in [0.25, 0.3) is 0 Å². The van der Waals surface area contributed by atoms with Gasteiger partial charge in [-0.25, -0.2) is 0 Å². The van der Waals surface area contributed by atoms with E-state index in [0.717, 1.165) is 19.6 Å². The molecule has 1 fully saturated rings. The SMILES string of the molecule is CC1OCCC1(C)NCc1sccc1Br. The summed E-state index contributed by atoms with van der Waals surface area (Å²) in [6, 6.07) is 2.10. The zero-order chi connectivity index (χ0) is 10.9. The summed E-state index contributed by atoms with van der Waals surface area (Å²) in [5.41, 5.74) is 0.128. The third-order valence-electron chi connectivity index (χ3n) is 3.23. The Morgan fingerprint density at radius 3 is 3.07 bits per heavy atom. The third-order valence-corrected chi connectivity index (χ3v) is 5.16. The molecule has 0 aliphatic carbocycles. The standard InChI is InChI=1S/C11H16BrNOS/c1-8-11(2,4-5-14-8)13-7-10-9(12)3-6-15-10/h3,6,8,13H,4-5,7H2,1-2H3. The average Bonchev–Trinajstić information content (AvgIpc) is 2.73. The predicted octanol–water partition coefficient (Wildman–Crippen LogP) is 3.17. The van der Waals surface area contributed by atoms with Gasteiger partial charge >= 0.3 is 0 Å². The Bertz CT molecular complexity index is 341. The molecule has 2 atom stereocenters. The molecule has 15 heavy (non-hydrogen) atoms. The van der Waals surface area contributed by atoms with Crippen LogP contribution in [-0.4, -0.2) is 18.2 Å². The van der Waals surface area contributed by atoms with Gasteiger partial charge in [0.2, 0.25) is 0 Å². The van der Waals surface area contributed by atoms with Crippen molar-refractivity contribution in [1.29, 1.82) is 0 Å². The number of nitrogens with one attached hydrogen (secondary N) is 1. The van der Waals surface area contributed by atoms with Crippen LogP contribution in [0.15, 0.2) is 15.9 Å². The fourth-order valence-corrected chi connectivity index (χ4v) is 3.23. The highest BCUT2D eigenvalue weighted by Crippen LogP contribution is 2.28. The van der Waals surface area contributed by atoms with Crippen molar-refractivity contribution in [3.63, 3.8) is 0 Å². The summed E-state index contributed by atoms with van der Waals surface area (Å²) in [5, 5.41) is 5.72. The summed E-state index contributed by atoms with van der Waals surface area (Å²) in [5.74, 6) is 0. The van der Waals surface area contributed by atoms with Crippen molar-refractivity contribution in [3.8, 4) is 0 Å². The van der Waals surface area contributed by atoms with Crippen molar-refractivity contribution >= 4 is 27.3 Å². The van der Waals surface area contributed by atoms with Crippen LogP contribution in [-0.2, 0) is 11.3 Å². The number of hydrogen-bond donors (Lipinski definition) is 1. The molecule has 0 saturated carbocycles. The normalized spacial score (nSPS) is 31.0. The predicted molar refractivity (Wildman–Crippen MR) is 67.3 cm³/mol. The van der Waals surface area contributed by atoms with Gasteiger partial charge in [-0.05, 0) is 47.6 Å². The molecule has 1 aliphatic heterocycles. The fraction of sp³-hybridized carbons (Fsp3) is 0.636. The van der Waals surface area contributed by atoms with Gasteiger partial charge in [-0.15, -0.1) is 11.3 Å². The lowest BCUT2D eigenvalue weighted by Crippen LogP contribution is -2.47. The molecule has 0 spiro atoms. The Morgan fingerprint density at radius 1 is 1.73 bits per heavy atom. The molecule has 2 rings (SSSR count). The van der Waals surface area contributed by atoms with Crippen molar-refractivity contribution in [2.24, 2.45) is 0 Å². The highest BCUT2D eigenvalue weighted by atomic mass is 79.9. The van der Waals surface area contributed by atoms with Crippen molar-refractivity contribution in [2.75, 3.05) is 6.61 Å². The smallest absolute Gasteiger partial charge is 0.0726 e. The monoisotopic (exact) mass is 289 g/mol. The minimum atomic E-state index is 0.128. The van der Waals surface area contributed by atoms with Crippen LogP contribution in [0.3, 0.4) is 0 Å². The Kier molecular flexibility index (Phi) is 3.50. The molecule has 1 aromatic rings. The lowest BCUT2D eigenvalue weighted by atomic mass is 9.95. The zero-order valence-corrected chi connectivity index (χ0v) is 11.5. The molecule has 0 aromatic carbocycles. The molecule has 1 saturated heterocycles. The minimum Gasteiger partial charge on any atom is -0.377 e. The number of hydrogen-bond acceptors (Lipinski definition) is 3. The Balaban J connectivity index is 1.96. The molecule has 2 heterocycles. The molecule has 4 heteroatoms. The second kappa shape index (κ2) is 4.53. The van der Waals surface area contributed by atoms with Crippen LogP contribution in [0.2, 0.25) is 0 Å². The Labute approximate surface area is 103 Å². The molecular formula is C11H16BrNOS.